The van der Waals surface area contributed by atoms with E-state index in [0.717, 1.165) is 10.5 Å². The minimum atomic E-state index is 0.594. The van der Waals surface area contributed by atoms with Crippen LogP contribution in [0.25, 0.3) is 16.3 Å². The number of nitrogens with zero attached hydrogens (tertiary/aromatic N) is 1. The van der Waals surface area contributed by atoms with Gasteiger partial charge in [0.1, 0.15) is 5.01 Å². The topological polar surface area (TPSA) is 12.9 Å². The standard InChI is InChI=1S/C13H15NS/c1-9(2)10(3)8-13-14-11-6-4-5-7-12(11)15-13/h4-9H,1-3H3. The number of allylic oxidation sites excluding steroid dienone is 1. The Morgan fingerprint density at radius 2 is 2.07 bits per heavy atom. The predicted molar refractivity (Wildman–Crippen MR) is 68.1 cm³/mol. The van der Waals surface area contributed by atoms with Crippen molar-refractivity contribution in [3.63, 3.8) is 0 Å². The zero-order valence-corrected chi connectivity index (χ0v) is 10.1. The van der Waals surface area contributed by atoms with E-state index in [4.69, 9.17) is 0 Å². The summed E-state index contributed by atoms with van der Waals surface area (Å²) in [6.07, 6.45) is 2.19. The number of rotatable bonds is 2. The van der Waals surface area contributed by atoms with E-state index >= 15 is 0 Å². The van der Waals surface area contributed by atoms with E-state index in [1.807, 2.05) is 6.07 Å². The van der Waals surface area contributed by atoms with Crippen LogP contribution in [0, 0.1) is 5.92 Å². The van der Waals surface area contributed by atoms with Crippen molar-refractivity contribution in [3.05, 3.63) is 34.8 Å². The average molecular weight is 217 g/mol. The van der Waals surface area contributed by atoms with Crippen LogP contribution in [0.15, 0.2) is 29.8 Å². The van der Waals surface area contributed by atoms with Gasteiger partial charge >= 0.3 is 0 Å². The first-order valence-corrected chi connectivity index (χ1v) is 6.02. The number of thiazole rings is 1. The summed E-state index contributed by atoms with van der Waals surface area (Å²) in [4.78, 5) is 4.58. The summed E-state index contributed by atoms with van der Waals surface area (Å²) < 4.78 is 1.26. The van der Waals surface area contributed by atoms with Crippen LogP contribution in [-0.4, -0.2) is 4.98 Å². The Morgan fingerprint density at radius 1 is 1.33 bits per heavy atom. The molecule has 1 nitrogen and oxygen atoms in total. The molecule has 0 spiro atoms. The Bertz CT molecular complexity index is 461. The number of hydrogen-bond acceptors (Lipinski definition) is 2. The molecule has 0 aliphatic heterocycles. The molecule has 0 aliphatic rings. The summed E-state index contributed by atoms with van der Waals surface area (Å²) in [7, 11) is 0. The number of benzene rings is 1. The lowest BCUT2D eigenvalue weighted by atomic mass is 10.1. The van der Waals surface area contributed by atoms with Crippen LogP contribution in [0.5, 0.6) is 0 Å². The smallest absolute Gasteiger partial charge is 0.117 e. The first-order chi connectivity index (χ1) is 7.16. The van der Waals surface area contributed by atoms with Gasteiger partial charge in [0.05, 0.1) is 10.2 Å². The minimum absolute atomic E-state index is 0.594. The monoisotopic (exact) mass is 217 g/mol. The van der Waals surface area contributed by atoms with Crippen molar-refractivity contribution in [1.29, 1.82) is 0 Å². The molecule has 1 heterocycles. The summed E-state index contributed by atoms with van der Waals surface area (Å²) in [6.45, 7) is 6.58. The SMILES string of the molecule is CC(=Cc1nc2ccccc2s1)C(C)C. The van der Waals surface area contributed by atoms with Gasteiger partial charge in [0, 0.05) is 0 Å². The number of aromatic nitrogens is 1. The van der Waals surface area contributed by atoms with E-state index in [1.165, 1.54) is 10.3 Å². The van der Waals surface area contributed by atoms with Crippen LogP contribution in [-0.2, 0) is 0 Å². The van der Waals surface area contributed by atoms with Gasteiger partial charge in [0.15, 0.2) is 0 Å². The summed E-state index contributed by atoms with van der Waals surface area (Å²) in [5.74, 6) is 0.594. The van der Waals surface area contributed by atoms with Gasteiger partial charge < -0.3 is 0 Å². The van der Waals surface area contributed by atoms with Gasteiger partial charge in [-0.15, -0.1) is 11.3 Å². The van der Waals surface area contributed by atoms with Crippen molar-refractivity contribution >= 4 is 27.6 Å². The quantitative estimate of drug-likeness (QED) is 0.728. The first-order valence-electron chi connectivity index (χ1n) is 5.20. The van der Waals surface area contributed by atoms with Crippen LogP contribution in [0.3, 0.4) is 0 Å². The Morgan fingerprint density at radius 3 is 2.73 bits per heavy atom. The number of para-hydroxylation sites is 1. The van der Waals surface area contributed by atoms with E-state index in [-0.39, 0.29) is 0 Å². The van der Waals surface area contributed by atoms with E-state index in [2.05, 4.69) is 50.0 Å². The second-order valence-corrected chi connectivity index (χ2v) is 5.13. The largest absolute Gasteiger partial charge is 0.237 e. The molecule has 78 valence electrons. The summed E-state index contributed by atoms with van der Waals surface area (Å²) >= 11 is 1.76. The third-order valence-corrected chi connectivity index (χ3v) is 3.56. The average Bonchev–Trinajstić information content (AvgIpc) is 2.59. The predicted octanol–water partition coefficient (Wildman–Crippen LogP) is 4.36. The fourth-order valence-corrected chi connectivity index (χ4v) is 2.29. The van der Waals surface area contributed by atoms with Crippen molar-refractivity contribution in [2.75, 3.05) is 0 Å². The second-order valence-electron chi connectivity index (χ2n) is 4.06. The molecular formula is C13H15NS. The molecule has 0 atom stereocenters. The highest BCUT2D eigenvalue weighted by Crippen LogP contribution is 2.24. The van der Waals surface area contributed by atoms with Crippen molar-refractivity contribution in [1.82, 2.24) is 4.98 Å². The molecule has 1 aromatic heterocycles. The molecule has 15 heavy (non-hydrogen) atoms. The van der Waals surface area contributed by atoms with Crippen molar-refractivity contribution in [2.45, 2.75) is 20.8 Å². The number of fused-ring (bicyclic) bond motifs is 1. The molecule has 0 amide bonds. The molecule has 0 fully saturated rings. The van der Waals surface area contributed by atoms with Gasteiger partial charge in [-0.25, -0.2) is 4.98 Å². The maximum atomic E-state index is 4.58. The first kappa shape index (κ1) is 10.4. The lowest BCUT2D eigenvalue weighted by Crippen LogP contribution is -1.87. The lowest BCUT2D eigenvalue weighted by molar-refractivity contribution is 0.776. The lowest BCUT2D eigenvalue weighted by Gasteiger charge is -2.02. The Hall–Kier alpha value is -1.15. The molecule has 0 bridgehead atoms. The normalized spacial score (nSPS) is 12.7. The zero-order valence-electron chi connectivity index (χ0n) is 9.32. The molecular weight excluding hydrogens is 202 g/mol. The molecule has 0 radical (unpaired) electrons. The second kappa shape index (κ2) is 4.15. The molecule has 0 saturated heterocycles. The molecule has 0 aliphatic carbocycles. The van der Waals surface area contributed by atoms with E-state index in [1.54, 1.807) is 11.3 Å². The highest BCUT2D eigenvalue weighted by atomic mass is 32.1. The van der Waals surface area contributed by atoms with Crippen molar-refractivity contribution in [2.24, 2.45) is 5.92 Å². The Kier molecular flexibility index (Phi) is 2.87. The fourth-order valence-electron chi connectivity index (χ4n) is 1.31. The summed E-state index contributed by atoms with van der Waals surface area (Å²) in [6, 6.07) is 8.27. The minimum Gasteiger partial charge on any atom is -0.237 e. The van der Waals surface area contributed by atoms with Gasteiger partial charge in [-0.1, -0.05) is 31.6 Å². The molecule has 1 aromatic carbocycles. The molecule has 2 rings (SSSR count). The summed E-state index contributed by atoms with van der Waals surface area (Å²) in [5, 5.41) is 1.11. The fraction of sp³-hybridized carbons (Fsp3) is 0.308. The number of hydrogen-bond donors (Lipinski definition) is 0. The van der Waals surface area contributed by atoms with Gasteiger partial charge in [-0.05, 0) is 31.1 Å². The maximum absolute atomic E-state index is 4.58. The van der Waals surface area contributed by atoms with E-state index in [0.29, 0.717) is 5.92 Å². The van der Waals surface area contributed by atoms with Gasteiger partial charge in [0.25, 0.3) is 0 Å². The molecule has 2 heteroatoms. The van der Waals surface area contributed by atoms with Crippen LogP contribution >= 0.6 is 11.3 Å². The molecule has 2 aromatic rings. The highest BCUT2D eigenvalue weighted by Gasteiger charge is 2.02. The van der Waals surface area contributed by atoms with E-state index in [9.17, 15) is 0 Å². The summed E-state index contributed by atoms with van der Waals surface area (Å²) in [5.41, 5.74) is 2.49. The van der Waals surface area contributed by atoms with Gasteiger partial charge in [-0.3, -0.25) is 0 Å². The van der Waals surface area contributed by atoms with Gasteiger partial charge in [0.2, 0.25) is 0 Å². The van der Waals surface area contributed by atoms with Crippen molar-refractivity contribution < 1.29 is 0 Å². The van der Waals surface area contributed by atoms with Crippen LogP contribution < -0.4 is 0 Å². The zero-order chi connectivity index (χ0) is 10.8. The van der Waals surface area contributed by atoms with Gasteiger partial charge in [-0.2, -0.15) is 0 Å². The van der Waals surface area contributed by atoms with Crippen LogP contribution in [0.1, 0.15) is 25.8 Å². The Balaban J connectivity index is 2.41. The maximum Gasteiger partial charge on any atom is 0.117 e. The van der Waals surface area contributed by atoms with E-state index < -0.39 is 0 Å². The molecule has 0 unspecified atom stereocenters. The third-order valence-electron chi connectivity index (χ3n) is 2.57. The van der Waals surface area contributed by atoms with Crippen molar-refractivity contribution in [3.8, 4) is 0 Å². The Labute approximate surface area is 94.5 Å². The third kappa shape index (κ3) is 2.26. The molecule has 0 saturated carbocycles. The van der Waals surface area contributed by atoms with Crippen LogP contribution in [0.4, 0.5) is 0 Å². The molecule has 0 N–H and O–H groups in total. The van der Waals surface area contributed by atoms with Crippen LogP contribution in [0.2, 0.25) is 0 Å². The highest BCUT2D eigenvalue weighted by molar-refractivity contribution is 7.19.